The zero-order valence-electron chi connectivity index (χ0n) is 18.6. The van der Waals surface area contributed by atoms with E-state index in [1.54, 1.807) is 13.8 Å². The van der Waals surface area contributed by atoms with Crippen LogP contribution in [0.3, 0.4) is 0 Å². The lowest BCUT2D eigenvalue weighted by Crippen LogP contribution is -2.57. The van der Waals surface area contributed by atoms with Gasteiger partial charge in [0.05, 0.1) is 6.04 Å². The van der Waals surface area contributed by atoms with E-state index in [0.717, 1.165) is 0 Å². The lowest BCUT2D eigenvalue weighted by Gasteiger charge is -2.25. The predicted octanol–water partition coefficient (Wildman–Crippen LogP) is 0.621. The molecule has 0 rings (SSSR count). The van der Waals surface area contributed by atoms with Crippen LogP contribution in [0.25, 0.3) is 0 Å². The molecule has 0 saturated heterocycles. The van der Waals surface area contributed by atoms with Crippen LogP contribution in [0.2, 0.25) is 0 Å². The van der Waals surface area contributed by atoms with Gasteiger partial charge in [-0.05, 0) is 37.5 Å². The first kappa shape index (κ1) is 26.8. The Hall–Kier alpha value is -2.16. The second kappa shape index (κ2) is 12.4. The maximum absolute atomic E-state index is 12.7. The molecule has 29 heavy (non-hydrogen) atoms. The first-order valence-electron chi connectivity index (χ1n) is 10.2. The largest absolute Gasteiger partial charge is 0.480 e. The van der Waals surface area contributed by atoms with Gasteiger partial charge in [-0.3, -0.25) is 14.4 Å². The van der Waals surface area contributed by atoms with Crippen LogP contribution in [0, 0.1) is 17.8 Å². The van der Waals surface area contributed by atoms with Crippen molar-refractivity contribution < 1.29 is 24.3 Å². The van der Waals surface area contributed by atoms with Crippen molar-refractivity contribution in [3.63, 3.8) is 0 Å². The van der Waals surface area contributed by atoms with Crippen molar-refractivity contribution >= 4 is 23.7 Å². The minimum absolute atomic E-state index is 0.119. The number of hydrogen-bond acceptors (Lipinski definition) is 5. The molecule has 0 bridgehead atoms. The van der Waals surface area contributed by atoms with Crippen molar-refractivity contribution in [3.8, 4) is 0 Å². The maximum Gasteiger partial charge on any atom is 0.326 e. The molecule has 9 nitrogen and oxygen atoms in total. The average molecular weight is 415 g/mol. The van der Waals surface area contributed by atoms with Crippen molar-refractivity contribution in [1.29, 1.82) is 0 Å². The lowest BCUT2D eigenvalue weighted by molar-refractivity contribution is -0.143. The van der Waals surface area contributed by atoms with Crippen molar-refractivity contribution in [1.82, 2.24) is 16.0 Å². The smallest absolute Gasteiger partial charge is 0.326 e. The van der Waals surface area contributed by atoms with Crippen LogP contribution in [-0.4, -0.2) is 53.0 Å². The van der Waals surface area contributed by atoms with Gasteiger partial charge in [0.1, 0.15) is 18.1 Å². The van der Waals surface area contributed by atoms with Crippen molar-refractivity contribution in [3.05, 3.63) is 0 Å². The summed E-state index contributed by atoms with van der Waals surface area (Å²) in [4.78, 5) is 48.5. The molecule has 4 atom stereocenters. The zero-order chi connectivity index (χ0) is 22.9. The number of nitrogens with two attached hydrogens (primary N) is 1. The van der Waals surface area contributed by atoms with E-state index >= 15 is 0 Å². The van der Waals surface area contributed by atoms with Crippen LogP contribution in [-0.2, 0) is 19.2 Å². The minimum atomic E-state index is -1.14. The van der Waals surface area contributed by atoms with Crippen molar-refractivity contribution in [2.75, 3.05) is 0 Å². The third-order valence-corrected chi connectivity index (χ3v) is 4.38. The Kier molecular flexibility index (Phi) is 11.5. The van der Waals surface area contributed by atoms with Gasteiger partial charge in [-0.15, -0.1) is 0 Å². The van der Waals surface area contributed by atoms with Gasteiger partial charge in [0.15, 0.2) is 0 Å². The molecule has 0 aliphatic heterocycles. The number of carboxylic acids is 1. The molecule has 0 aromatic rings. The van der Waals surface area contributed by atoms with Gasteiger partial charge in [0, 0.05) is 0 Å². The van der Waals surface area contributed by atoms with Crippen LogP contribution in [0.15, 0.2) is 0 Å². The second-order valence-corrected chi connectivity index (χ2v) is 8.73. The fraction of sp³-hybridized carbons (Fsp3) is 0.800. The summed E-state index contributed by atoms with van der Waals surface area (Å²) in [6.07, 6.45) is 0.872. The Bertz CT molecular complexity index is 577. The summed E-state index contributed by atoms with van der Waals surface area (Å²) in [7, 11) is 0. The highest BCUT2D eigenvalue weighted by atomic mass is 16.4. The van der Waals surface area contributed by atoms with E-state index < -0.39 is 47.9 Å². The fourth-order valence-corrected chi connectivity index (χ4v) is 2.77. The second-order valence-electron chi connectivity index (χ2n) is 8.73. The molecule has 0 aromatic carbocycles. The summed E-state index contributed by atoms with van der Waals surface area (Å²) < 4.78 is 0. The summed E-state index contributed by atoms with van der Waals surface area (Å²) >= 11 is 0. The Labute approximate surface area is 173 Å². The van der Waals surface area contributed by atoms with Gasteiger partial charge in [0.25, 0.3) is 0 Å². The first-order chi connectivity index (χ1) is 13.3. The Morgan fingerprint density at radius 1 is 0.759 bits per heavy atom. The SMILES string of the molecule is CC(C)CC(N)C(=O)NC(CC(C)C)C(=O)NC(C)C(=O)NC(C(=O)O)C(C)C. The topological polar surface area (TPSA) is 151 Å². The highest BCUT2D eigenvalue weighted by molar-refractivity contribution is 5.93. The van der Waals surface area contributed by atoms with E-state index in [2.05, 4.69) is 16.0 Å². The molecule has 3 amide bonds. The number of nitrogens with one attached hydrogen (secondary N) is 3. The fourth-order valence-electron chi connectivity index (χ4n) is 2.77. The molecule has 0 aromatic heterocycles. The normalized spacial score (nSPS) is 15.6. The third kappa shape index (κ3) is 10.3. The number of carbonyl (C=O) groups is 4. The minimum Gasteiger partial charge on any atom is -0.480 e. The first-order valence-corrected chi connectivity index (χ1v) is 10.2. The van der Waals surface area contributed by atoms with Gasteiger partial charge < -0.3 is 26.8 Å². The van der Waals surface area contributed by atoms with Gasteiger partial charge in [0.2, 0.25) is 17.7 Å². The molecule has 0 radical (unpaired) electrons. The highest BCUT2D eigenvalue weighted by Crippen LogP contribution is 2.08. The van der Waals surface area contributed by atoms with Crippen LogP contribution in [0.1, 0.15) is 61.3 Å². The van der Waals surface area contributed by atoms with E-state index in [0.29, 0.717) is 12.8 Å². The molecule has 6 N–H and O–H groups in total. The van der Waals surface area contributed by atoms with E-state index in [-0.39, 0.29) is 17.8 Å². The van der Waals surface area contributed by atoms with E-state index in [4.69, 9.17) is 5.73 Å². The predicted molar refractivity (Wildman–Crippen MR) is 111 cm³/mol. The number of amides is 3. The molecular weight excluding hydrogens is 376 g/mol. The van der Waals surface area contributed by atoms with Crippen LogP contribution in [0.5, 0.6) is 0 Å². The summed E-state index contributed by atoms with van der Waals surface area (Å²) in [5.74, 6) is -2.63. The lowest BCUT2D eigenvalue weighted by atomic mass is 10.0. The third-order valence-electron chi connectivity index (χ3n) is 4.38. The van der Waals surface area contributed by atoms with Crippen LogP contribution < -0.4 is 21.7 Å². The Morgan fingerprint density at radius 3 is 1.69 bits per heavy atom. The number of carbonyl (C=O) groups excluding carboxylic acids is 3. The van der Waals surface area contributed by atoms with Gasteiger partial charge in [-0.25, -0.2) is 4.79 Å². The van der Waals surface area contributed by atoms with Gasteiger partial charge in [-0.1, -0.05) is 41.5 Å². The van der Waals surface area contributed by atoms with Crippen LogP contribution in [0.4, 0.5) is 0 Å². The molecule has 0 aliphatic carbocycles. The van der Waals surface area contributed by atoms with E-state index in [9.17, 15) is 24.3 Å². The van der Waals surface area contributed by atoms with Crippen molar-refractivity contribution in [2.45, 2.75) is 85.5 Å². The monoisotopic (exact) mass is 414 g/mol. The molecule has 9 heteroatoms. The summed E-state index contributed by atoms with van der Waals surface area (Å²) in [5.41, 5.74) is 5.89. The van der Waals surface area contributed by atoms with Gasteiger partial charge >= 0.3 is 5.97 Å². The zero-order valence-corrected chi connectivity index (χ0v) is 18.6. The summed E-state index contributed by atoms with van der Waals surface area (Å²) in [6.45, 7) is 12.5. The average Bonchev–Trinajstić information content (AvgIpc) is 2.56. The molecule has 4 unspecified atom stereocenters. The molecular formula is C20H38N4O5. The molecule has 0 heterocycles. The summed E-state index contributed by atoms with van der Waals surface area (Å²) in [6, 6.07) is -3.57. The van der Waals surface area contributed by atoms with Gasteiger partial charge in [-0.2, -0.15) is 0 Å². The van der Waals surface area contributed by atoms with Crippen LogP contribution >= 0.6 is 0 Å². The molecule has 0 fully saturated rings. The summed E-state index contributed by atoms with van der Waals surface area (Å²) in [5, 5.41) is 16.8. The number of aliphatic carboxylic acids is 1. The Morgan fingerprint density at radius 2 is 1.28 bits per heavy atom. The maximum atomic E-state index is 12.7. The Balaban J connectivity index is 5.06. The number of carboxylic acid groups (broad SMARTS) is 1. The van der Waals surface area contributed by atoms with Crippen molar-refractivity contribution in [2.24, 2.45) is 23.5 Å². The number of rotatable bonds is 12. The highest BCUT2D eigenvalue weighted by Gasteiger charge is 2.29. The molecule has 0 saturated carbocycles. The number of hydrogen-bond donors (Lipinski definition) is 5. The standard InChI is InChI=1S/C20H38N4O5/c1-10(2)8-14(21)18(26)23-15(9-11(3)4)19(27)22-13(7)17(25)24-16(12(5)6)20(28)29/h10-16H,8-9,21H2,1-7H3,(H,22,27)(H,23,26)(H,24,25)(H,28,29). The molecule has 168 valence electrons. The molecule has 0 aliphatic rings. The molecule has 0 spiro atoms. The van der Waals surface area contributed by atoms with E-state index in [1.807, 2.05) is 27.7 Å². The van der Waals surface area contributed by atoms with E-state index in [1.165, 1.54) is 6.92 Å². The quantitative estimate of drug-likeness (QED) is 0.316.